The maximum absolute atomic E-state index is 5.40. The number of nitrogens with one attached hydrogen (secondary N) is 1. The van der Waals surface area contributed by atoms with Crippen LogP contribution in [0, 0.1) is 6.92 Å². The highest BCUT2D eigenvalue weighted by atomic mass is 16.5. The van der Waals surface area contributed by atoms with Gasteiger partial charge in [-0.3, -0.25) is 4.90 Å². The van der Waals surface area contributed by atoms with E-state index in [1.54, 1.807) is 0 Å². The lowest BCUT2D eigenvalue weighted by Gasteiger charge is -2.28. The first-order valence-corrected chi connectivity index (χ1v) is 8.03. The maximum Gasteiger partial charge on any atom is 0.134 e. The van der Waals surface area contributed by atoms with E-state index in [-0.39, 0.29) is 0 Å². The topological polar surface area (TPSA) is 62.8 Å². The molecule has 0 unspecified atom stereocenters. The quantitative estimate of drug-likeness (QED) is 0.843. The van der Waals surface area contributed by atoms with Crippen molar-refractivity contribution in [3.05, 3.63) is 11.9 Å². The zero-order valence-corrected chi connectivity index (χ0v) is 13.3. The van der Waals surface area contributed by atoms with Gasteiger partial charge in [0.25, 0.3) is 0 Å². The fourth-order valence-corrected chi connectivity index (χ4v) is 2.76. The molecule has 2 aliphatic rings. The zero-order chi connectivity index (χ0) is 15.2. The zero-order valence-electron chi connectivity index (χ0n) is 13.3. The van der Waals surface area contributed by atoms with Gasteiger partial charge in [-0.15, -0.1) is 0 Å². The molecule has 3 rings (SSSR count). The first-order chi connectivity index (χ1) is 10.8. The lowest BCUT2D eigenvalue weighted by Crippen LogP contribution is -2.39. The van der Waals surface area contributed by atoms with Crippen LogP contribution in [0.5, 0.6) is 0 Å². The molecule has 0 spiro atoms. The summed E-state index contributed by atoms with van der Waals surface area (Å²) in [6, 6.07) is 2.04. The number of aryl methyl sites for hydroxylation is 1. The molecule has 122 valence electrons. The summed E-state index contributed by atoms with van der Waals surface area (Å²) in [6.07, 6.45) is 0. The Bertz CT molecular complexity index is 473. The third kappa shape index (κ3) is 4.28. The number of ether oxygens (including phenoxy) is 2. The van der Waals surface area contributed by atoms with Crippen molar-refractivity contribution in [1.82, 2.24) is 14.9 Å². The van der Waals surface area contributed by atoms with Gasteiger partial charge in [0.1, 0.15) is 17.5 Å². The van der Waals surface area contributed by atoms with Crippen molar-refractivity contribution in [3.63, 3.8) is 0 Å². The molecule has 1 aromatic heterocycles. The van der Waals surface area contributed by atoms with Gasteiger partial charge in [0.2, 0.25) is 0 Å². The van der Waals surface area contributed by atoms with E-state index in [9.17, 15) is 0 Å². The Hall–Kier alpha value is -1.44. The van der Waals surface area contributed by atoms with Crippen molar-refractivity contribution >= 4 is 11.6 Å². The standard InChI is InChI=1S/C15H25N5O2/c1-13-17-14(16-2-3-19-4-8-21-9-5-19)12-15(18-13)20-6-10-22-11-7-20/h12H,2-11H2,1H3,(H,16,17,18). The lowest BCUT2D eigenvalue weighted by molar-refractivity contribution is 0.0398. The lowest BCUT2D eigenvalue weighted by atomic mass is 10.3. The third-order valence-corrected chi connectivity index (χ3v) is 4.00. The van der Waals surface area contributed by atoms with Crippen LogP contribution in [-0.4, -0.2) is 80.6 Å². The Morgan fingerprint density at radius 1 is 1.05 bits per heavy atom. The minimum Gasteiger partial charge on any atom is -0.379 e. The number of aromatic nitrogens is 2. The molecule has 7 heteroatoms. The average Bonchev–Trinajstić information content (AvgIpc) is 2.56. The van der Waals surface area contributed by atoms with Gasteiger partial charge in [-0.05, 0) is 6.92 Å². The van der Waals surface area contributed by atoms with E-state index in [0.29, 0.717) is 0 Å². The minimum atomic E-state index is 0.767. The second kappa shape index (κ2) is 7.71. The highest BCUT2D eigenvalue weighted by Crippen LogP contribution is 2.17. The summed E-state index contributed by atoms with van der Waals surface area (Å²) in [6.45, 7) is 10.9. The van der Waals surface area contributed by atoms with Gasteiger partial charge >= 0.3 is 0 Å². The number of hydrogen-bond donors (Lipinski definition) is 1. The average molecular weight is 307 g/mol. The molecule has 0 aromatic carbocycles. The molecule has 2 fully saturated rings. The van der Waals surface area contributed by atoms with Gasteiger partial charge in [0.05, 0.1) is 26.4 Å². The summed E-state index contributed by atoms with van der Waals surface area (Å²) < 4.78 is 10.8. The van der Waals surface area contributed by atoms with Gasteiger partial charge in [0, 0.05) is 45.3 Å². The van der Waals surface area contributed by atoms with Crippen LogP contribution in [0.4, 0.5) is 11.6 Å². The van der Waals surface area contributed by atoms with Crippen LogP contribution in [-0.2, 0) is 9.47 Å². The van der Waals surface area contributed by atoms with Crippen LogP contribution in [0.1, 0.15) is 5.82 Å². The van der Waals surface area contributed by atoms with Crippen molar-refractivity contribution in [2.24, 2.45) is 0 Å². The predicted molar refractivity (Wildman–Crippen MR) is 85.5 cm³/mol. The molecule has 0 bridgehead atoms. The Labute approximate surface area is 131 Å². The molecule has 0 radical (unpaired) electrons. The van der Waals surface area contributed by atoms with Gasteiger partial charge < -0.3 is 19.7 Å². The summed E-state index contributed by atoms with van der Waals surface area (Å²) >= 11 is 0. The number of anilines is 2. The molecule has 3 heterocycles. The normalized spacial score (nSPS) is 20.1. The predicted octanol–water partition coefficient (Wildman–Crippen LogP) is 0.366. The molecular weight excluding hydrogens is 282 g/mol. The highest BCUT2D eigenvalue weighted by Gasteiger charge is 2.14. The van der Waals surface area contributed by atoms with Crippen LogP contribution in [0.3, 0.4) is 0 Å². The summed E-state index contributed by atoms with van der Waals surface area (Å²) in [7, 11) is 0. The molecule has 0 saturated carbocycles. The van der Waals surface area contributed by atoms with E-state index in [0.717, 1.165) is 83.2 Å². The van der Waals surface area contributed by atoms with Crippen molar-refractivity contribution in [2.75, 3.05) is 75.9 Å². The van der Waals surface area contributed by atoms with Crippen LogP contribution in [0.15, 0.2) is 6.07 Å². The fourth-order valence-electron chi connectivity index (χ4n) is 2.76. The van der Waals surface area contributed by atoms with Gasteiger partial charge in [-0.2, -0.15) is 0 Å². The van der Waals surface area contributed by atoms with E-state index in [1.807, 2.05) is 13.0 Å². The van der Waals surface area contributed by atoms with E-state index in [1.165, 1.54) is 0 Å². The van der Waals surface area contributed by atoms with Crippen LogP contribution in [0.25, 0.3) is 0 Å². The number of nitrogens with zero attached hydrogens (tertiary/aromatic N) is 4. The second-order valence-corrected chi connectivity index (χ2v) is 5.64. The number of rotatable bonds is 5. The summed E-state index contributed by atoms with van der Waals surface area (Å²) in [4.78, 5) is 13.7. The molecule has 7 nitrogen and oxygen atoms in total. The van der Waals surface area contributed by atoms with Gasteiger partial charge in [-0.1, -0.05) is 0 Å². The fraction of sp³-hybridized carbons (Fsp3) is 0.733. The van der Waals surface area contributed by atoms with Crippen molar-refractivity contribution < 1.29 is 9.47 Å². The molecule has 1 aromatic rings. The molecular formula is C15H25N5O2. The highest BCUT2D eigenvalue weighted by molar-refractivity contribution is 5.49. The molecule has 2 saturated heterocycles. The number of hydrogen-bond acceptors (Lipinski definition) is 7. The van der Waals surface area contributed by atoms with E-state index in [4.69, 9.17) is 9.47 Å². The van der Waals surface area contributed by atoms with E-state index in [2.05, 4.69) is 25.1 Å². The molecule has 0 amide bonds. The Balaban J connectivity index is 1.54. The van der Waals surface area contributed by atoms with E-state index >= 15 is 0 Å². The van der Waals surface area contributed by atoms with Crippen LogP contribution < -0.4 is 10.2 Å². The Kier molecular flexibility index (Phi) is 5.42. The van der Waals surface area contributed by atoms with Gasteiger partial charge in [0.15, 0.2) is 0 Å². The van der Waals surface area contributed by atoms with Crippen molar-refractivity contribution in [1.29, 1.82) is 0 Å². The third-order valence-electron chi connectivity index (χ3n) is 4.00. The maximum atomic E-state index is 5.40. The molecule has 22 heavy (non-hydrogen) atoms. The van der Waals surface area contributed by atoms with Gasteiger partial charge in [-0.25, -0.2) is 9.97 Å². The Morgan fingerprint density at radius 2 is 1.73 bits per heavy atom. The van der Waals surface area contributed by atoms with Crippen molar-refractivity contribution in [2.45, 2.75) is 6.92 Å². The molecule has 2 aliphatic heterocycles. The van der Waals surface area contributed by atoms with Crippen molar-refractivity contribution in [3.8, 4) is 0 Å². The summed E-state index contributed by atoms with van der Waals surface area (Å²) in [5.74, 6) is 2.70. The summed E-state index contributed by atoms with van der Waals surface area (Å²) in [5.41, 5.74) is 0. The molecule has 1 N–H and O–H groups in total. The smallest absolute Gasteiger partial charge is 0.134 e. The molecule has 0 atom stereocenters. The van der Waals surface area contributed by atoms with E-state index < -0.39 is 0 Å². The molecule has 0 aliphatic carbocycles. The second-order valence-electron chi connectivity index (χ2n) is 5.64. The monoisotopic (exact) mass is 307 g/mol. The first kappa shape index (κ1) is 15.5. The Morgan fingerprint density at radius 3 is 2.45 bits per heavy atom. The summed E-state index contributed by atoms with van der Waals surface area (Å²) in [5, 5.41) is 3.42. The minimum absolute atomic E-state index is 0.767. The SMILES string of the molecule is Cc1nc(NCCN2CCOCC2)cc(N2CCOCC2)n1. The van der Waals surface area contributed by atoms with Crippen LogP contribution >= 0.6 is 0 Å². The largest absolute Gasteiger partial charge is 0.379 e. The van der Waals surface area contributed by atoms with Crippen LogP contribution in [0.2, 0.25) is 0 Å². The first-order valence-electron chi connectivity index (χ1n) is 8.03. The number of morpholine rings is 2.